The molecule has 4 atom stereocenters. The van der Waals surface area contributed by atoms with Gasteiger partial charge in [0.1, 0.15) is 12.1 Å². The predicted molar refractivity (Wildman–Crippen MR) is 136 cm³/mol. The topological polar surface area (TPSA) is 212 Å². The van der Waals surface area contributed by atoms with Gasteiger partial charge >= 0.3 is 0 Å². The Morgan fingerprint density at radius 3 is 2.50 bits per heavy atom. The molecule has 1 aromatic rings. The number of hydrogen-bond donors (Lipinski definition) is 5. The zero-order chi connectivity index (χ0) is 26.8. The van der Waals surface area contributed by atoms with E-state index in [9.17, 15) is 24.5 Å². The number of nitrogens with zero attached hydrogens (tertiary/aromatic N) is 3. The van der Waals surface area contributed by atoms with Crippen LogP contribution in [0.4, 0.5) is 11.4 Å². The largest absolute Gasteiger partial charge is 0.370 e. The van der Waals surface area contributed by atoms with Crippen molar-refractivity contribution in [3.05, 3.63) is 34.4 Å². The Kier molecular flexibility index (Phi) is 10.6. The van der Waals surface area contributed by atoms with Crippen LogP contribution < -0.4 is 27.8 Å². The lowest BCUT2D eigenvalue weighted by molar-refractivity contribution is -0.384. The molecule has 36 heavy (non-hydrogen) atoms. The number of rotatable bonds is 12. The van der Waals surface area contributed by atoms with Crippen LogP contribution in [0.2, 0.25) is 0 Å². The van der Waals surface area contributed by atoms with Crippen molar-refractivity contribution in [2.45, 2.75) is 64.1 Å². The van der Waals surface area contributed by atoms with E-state index >= 15 is 0 Å². The van der Waals surface area contributed by atoms with Gasteiger partial charge in [0.15, 0.2) is 5.96 Å². The van der Waals surface area contributed by atoms with Gasteiger partial charge in [-0.1, -0.05) is 20.3 Å². The molecule has 2 rings (SSSR count). The third kappa shape index (κ3) is 7.90. The number of carbonyl (C=O) groups excluding carboxylic acids is 3. The van der Waals surface area contributed by atoms with Gasteiger partial charge in [0, 0.05) is 30.9 Å². The molecule has 0 radical (unpaired) electrons. The summed E-state index contributed by atoms with van der Waals surface area (Å²) in [5, 5.41) is 16.3. The third-order valence-electron chi connectivity index (χ3n) is 6.30. The summed E-state index contributed by atoms with van der Waals surface area (Å²) in [6.45, 7) is 4.52. The highest BCUT2D eigenvalue weighted by Gasteiger charge is 2.38. The Bertz CT molecular complexity index is 964. The van der Waals surface area contributed by atoms with Crippen LogP contribution in [0.3, 0.4) is 0 Å². The number of aliphatic imine (C=N–C) groups is 1. The molecule has 1 saturated heterocycles. The molecule has 0 bridgehead atoms. The van der Waals surface area contributed by atoms with Gasteiger partial charge in [0.2, 0.25) is 17.7 Å². The van der Waals surface area contributed by atoms with Gasteiger partial charge < -0.3 is 32.7 Å². The van der Waals surface area contributed by atoms with Gasteiger partial charge in [-0.25, -0.2) is 0 Å². The maximum absolute atomic E-state index is 13.2. The average Bonchev–Trinajstić information content (AvgIpc) is 3.34. The molecular formula is C23H36N8O5. The van der Waals surface area contributed by atoms with Crippen molar-refractivity contribution < 1.29 is 19.3 Å². The van der Waals surface area contributed by atoms with Gasteiger partial charge in [0.25, 0.3) is 5.69 Å². The number of carbonyl (C=O) groups is 3. The molecule has 1 heterocycles. The molecule has 0 saturated carbocycles. The summed E-state index contributed by atoms with van der Waals surface area (Å²) in [5.74, 6) is -1.33. The summed E-state index contributed by atoms with van der Waals surface area (Å²) in [6.07, 6.45) is 2.49. The monoisotopic (exact) mass is 504 g/mol. The van der Waals surface area contributed by atoms with Crippen molar-refractivity contribution in [2.24, 2.45) is 28.1 Å². The molecular weight excluding hydrogens is 468 g/mol. The van der Waals surface area contributed by atoms with Gasteiger partial charge in [-0.2, -0.15) is 0 Å². The Morgan fingerprint density at radius 1 is 1.25 bits per heavy atom. The Hall–Kier alpha value is -3.74. The fraction of sp³-hybridized carbons (Fsp3) is 0.565. The minimum Gasteiger partial charge on any atom is -0.370 e. The van der Waals surface area contributed by atoms with E-state index in [0.29, 0.717) is 31.5 Å². The molecule has 13 nitrogen and oxygen atoms in total. The highest BCUT2D eigenvalue weighted by atomic mass is 16.6. The van der Waals surface area contributed by atoms with Crippen LogP contribution in [0.1, 0.15) is 46.0 Å². The van der Waals surface area contributed by atoms with Gasteiger partial charge in [0.05, 0.1) is 11.0 Å². The standard InChI is InChI=1S/C23H36N8O5/c1-3-14(2)19(24)22(34)30-13-5-7-18(30)21(33)29-17(6-4-12-27-23(25)26)20(32)28-15-8-10-16(11-9-15)31(35)36/h8-11,14,17-19H,3-7,12-13,24H2,1-2H3,(H,28,32)(H,29,33)(H4,25,26,27)/t14-,17-,18-,19-/m0/s1. The first kappa shape index (κ1) is 28.5. The summed E-state index contributed by atoms with van der Waals surface area (Å²) >= 11 is 0. The van der Waals surface area contributed by atoms with E-state index in [1.165, 1.54) is 29.2 Å². The fourth-order valence-electron chi connectivity index (χ4n) is 3.93. The molecule has 13 heteroatoms. The lowest BCUT2D eigenvalue weighted by atomic mass is 9.98. The van der Waals surface area contributed by atoms with Gasteiger partial charge in [-0.15, -0.1) is 0 Å². The van der Waals surface area contributed by atoms with E-state index < -0.39 is 34.9 Å². The molecule has 1 fully saturated rings. The van der Waals surface area contributed by atoms with E-state index in [1.807, 2.05) is 13.8 Å². The number of likely N-dealkylation sites (tertiary alicyclic amines) is 1. The summed E-state index contributed by atoms with van der Waals surface area (Å²) in [5.41, 5.74) is 17.0. The number of non-ortho nitro benzene ring substituents is 1. The molecule has 1 aromatic carbocycles. The second-order valence-corrected chi connectivity index (χ2v) is 8.90. The lowest BCUT2D eigenvalue weighted by Crippen LogP contribution is -2.55. The van der Waals surface area contributed by atoms with Crippen LogP contribution >= 0.6 is 0 Å². The fourth-order valence-corrected chi connectivity index (χ4v) is 3.93. The van der Waals surface area contributed by atoms with Crippen molar-refractivity contribution in [1.82, 2.24) is 10.2 Å². The summed E-state index contributed by atoms with van der Waals surface area (Å²) in [7, 11) is 0. The SMILES string of the molecule is CC[C@H](C)[C@H](N)C(=O)N1CCC[C@H]1C(=O)N[C@@H](CCCN=C(N)N)C(=O)Nc1ccc([N+](=O)[O-])cc1. The van der Waals surface area contributed by atoms with E-state index in [-0.39, 0.29) is 36.4 Å². The molecule has 198 valence electrons. The summed E-state index contributed by atoms with van der Waals surface area (Å²) < 4.78 is 0. The van der Waals surface area contributed by atoms with Gasteiger partial charge in [-0.05, 0) is 43.7 Å². The van der Waals surface area contributed by atoms with Crippen molar-refractivity contribution >= 4 is 35.1 Å². The van der Waals surface area contributed by atoms with Crippen molar-refractivity contribution in [2.75, 3.05) is 18.4 Å². The maximum Gasteiger partial charge on any atom is 0.269 e. The van der Waals surface area contributed by atoms with Crippen molar-refractivity contribution in [1.29, 1.82) is 0 Å². The molecule has 8 N–H and O–H groups in total. The number of anilines is 1. The third-order valence-corrected chi connectivity index (χ3v) is 6.30. The van der Waals surface area contributed by atoms with Crippen molar-refractivity contribution in [3.8, 4) is 0 Å². The highest BCUT2D eigenvalue weighted by molar-refractivity contribution is 5.98. The van der Waals surface area contributed by atoms with E-state index in [2.05, 4.69) is 15.6 Å². The zero-order valence-corrected chi connectivity index (χ0v) is 20.7. The molecule has 0 aromatic heterocycles. The minimum atomic E-state index is -0.942. The number of nitrogens with two attached hydrogens (primary N) is 3. The number of nitro benzene ring substituents is 1. The van der Waals surface area contributed by atoms with Crippen LogP contribution in [0.5, 0.6) is 0 Å². The number of amides is 3. The van der Waals surface area contributed by atoms with Crippen LogP contribution in [0, 0.1) is 16.0 Å². The minimum absolute atomic E-state index is 0.0300. The Morgan fingerprint density at radius 2 is 1.92 bits per heavy atom. The normalized spacial score (nSPS) is 17.5. The summed E-state index contributed by atoms with van der Waals surface area (Å²) in [4.78, 5) is 54.8. The maximum atomic E-state index is 13.2. The van der Waals surface area contributed by atoms with Crippen molar-refractivity contribution in [3.63, 3.8) is 0 Å². The zero-order valence-electron chi connectivity index (χ0n) is 20.7. The number of hydrogen-bond acceptors (Lipinski definition) is 7. The van der Waals surface area contributed by atoms with E-state index in [1.54, 1.807) is 0 Å². The van der Waals surface area contributed by atoms with Crippen LogP contribution in [0.25, 0.3) is 0 Å². The Balaban J connectivity index is 2.12. The first-order valence-electron chi connectivity index (χ1n) is 12.0. The second-order valence-electron chi connectivity index (χ2n) is 8.90. The van der Waals surface area contributed by atoms with Crippen LogP contribution in [-0.2, 0) is 14.4 Å². The first-order valence-corrected chi connectivity index (χ1v) is 12.0. The molecule has 1 aliphatic rings. The number of nitro groups is 1. The predicted octanol–water partition coefficient (Wildman–Crippen LogP) is 0.436. The lowest BCUT2D eigenvalue weighted by Gasteiger charge is -2.30. The molecule has 0 aliphatic carbocycles. The quantitative estimate of drug-likeness (QED) is 0.0883. The number of guanidine groups is 1. The van der Waals surface area contributed by atoms with Gasteiger partial charge in [-0.3, -0.25) is 29.5 Å². The number of benzene rings is 1. The second kappa shape index (κ2) is 13.4. The molecule has 1 aliphatic heterocycles. The molecule has 0 spiro atoms. The Labute approximate surface area is 210 Å². The number of nitrogens with one attached hydrogen (secondary N) is 2. The molecule has 3 amide bonds. The van der Waals surface area contributed by atoms with Crippen LogP contribution in [0.15, 0.2) is 29.3 Å². The average molecular weight is 505 g/mol. The summed E-state index contributed by atoms with van der Waals surface area (Å²) in [6, 6.07) is 2.98. The molecule has 0 unspecified atom stereocenters. The van der Waals surface area contributed by atoms with Crippen LogP contribution in [-0.4, -0.2) is 64.7 Å². The highest BCUT2D eigenvalue weighted by Crippen LogP contribution is 2.21. The van der Waals surface area contributed by atoms with E-state index in [4.69, 9.17) is 17.2 Å². The first-order chi connectivity index (χ1) is 17.0. The smallest absolute Gasteiger partial charge is 0.269 e. The van der Waals surface area contributed by atoms with E-state index in [0.717, 1.165) is 6.42 Å².